The van der Waals surface area contributed by atoms with E-state index in [0.717, 1.165) is 73.9 Å². The van der Waals surface area contributed by atoms with Crippen molar-refractivity contribution in [2.75, 3.05) is 32.1 Å². The largest absolute Gasteiger partial charge is 0.379 e. The Morgan fingerprint density at radius 2 is 1.93 bits per heavy atom. The Morgan fingerprint density at radius 3 is 2.64 bits per heavy atom. The Labute approximate surface area is 175 Å². The van der Waals surface area contributed by atoms with Crippen LogP contribution < -0.4 is 0 Å². The van der Waals surface area contributed by atoms with Crippen molar-refractivity contribution in [3.8, 4) is 0 Å². The predicted octanol–water partition coefficient (Wildman–Crippen LogP) is 5.43. The first-order valence-corrected chi connectivity index (χ1v) is 11.5. The van der Waals surface area contributed by atoms with E-state index in [1.54, 1.807) is 11.8 Å². The van der Waals surface area contributed by atoms with Crippen molar-refractivity contribution in [2.24, 2.45) is 5.92 Å². The normalized spacial score (nSPS) is 16.8. The second-order valence-corrected chi connectivity index (χ2v) is 9.21. The molecule has 0 atom stereocenters. The third-order valence-corrected chi connectivity index (χ3v) is 5.56. The zero-order valence-corrected chi connectivity index (χ0v) is 19.1. The fourth-order valence-corrected chi connectivity index (χ4v) is 4.28. The van der Waals surface area contributed by atoms with Gasteiger partial charge >= 0.3 is 0 Å². The van der Waals surface area contributed by atoms with Gasteiger partial charge in [-0.2, -0.15) is 0 Å². The van der Waals surface area contributed by atoms with Crippen LogP contribution in [0.15, 0.2) is 34.5 Å². The standard InChI is InChI=1S/C23H37N3OS/c1-18(2)15-20(4)8-6-7-19(3)9-14-28-23-24-21(5)16-22(25-23)17-26-10-12-27-13-11-26/h8-9,16,18H,6-7,10-15,17H2,1-5H3/b19-9+,20-8+. The third-order valence-electron chi connectivity index (χ3n) is 4.78. The number of allylic oxidation sites excluding steroid dienone is 3. The molecule has 28 heavy (non-hydrogen) atoms. The molecular formula is C23H37N3OS. The summed E-state index contributed by atoms with van der Waals surface area (Å²) in [4.78, 5) is 11.8. The summed E-state index contributed by atoms with van der Waals surface area (Å²) in [6, 6.07) is 2.10. The van der Waals surface area contributed by atoms with Crippen molar-refractivity contribution in [1.29, 1.82) is 0 Å². The number of aryl methyl sites for hydroxylation is 1. The maximum atomic E-state index is 5.43. The van der Waals surface area contributed by atoms with Gasteiger partial charge < -0.3 is 4.74 Å². The number of nitrogens with zero attached hydrogens (tertiary/aromatic N) is 3. The minimum Gasteiger partial charge on any atom is -0.379 e. The lowest BCUT2D eigenvalue weighted by Gasteiger charge is -2.26. The maximum absolute atomic E-state index is 5.43. The van der Waals surface area contributed by atoms with Gasteiger partial charge in [-0.25, -0.2) is 9.97 Å². The van der Waals surface area contributed by atoms with Crippen LogP contribution in [0.4, 0.5) is 0 Å². The molecule has 0 amide bonds. The molecule has 1 saturated heterocycles. The monoisotopic (exact) mass is 403 g/mol. The number of rotatable bonds is 10. The molecule has 0 aliphatic carbocycles. The lowest BCUT2D eigenvalue weighted by molar-refractivity contribution is 0.0335. The Kier molecular flexibility index (Phi) is 10.2. The molecule has 0 N–H and O–H groups in total. The number of aromatic nitrogens is 2. The highest BCUT2D eigenvalue weighted by Gasteiger charge is 2.12. The van der Waals surface area contributed by atoms with Crippen LogP contribution in [0.2, 0.25) is 0 Å². The minimum atomic E-state index is 0.742. The summed E-state index contributed by atoms with van der Waals surface area (Å²) < 4.78 is 5.43. The molecule has 0 spiro atoms. The van der Waals surface area contributed by atoms with Crippen molar-refractivity contribution >= 4 is 11.8 Å². The van der Waals surface area contributed by atoms with Gasteiger partial charge in [-0.15, -0.1) is 0 Å². The molecule has 0 saturated carbocycles. The molecule has 5 heteroatoms. The number of morpholine rings is 1. The van der Waals surface area contributed by atoms with Gasteiger partial charge in [-0.3, -0.25) is 4.90 Å². The second-order valence-electron chi connectivity index (χ2n) is 8.22. The smallest absolute Gasteiger partial charge is 0.188 e. The van der Waals surface area contributed by atoms with Crippen LogP contribution in [0.25, 0.3) is 0 Å². The van der Waals surface area contributed by atoms with Crippen molar-refractivity contribution in [3.05, 3.63) is 40.8 Å². The van der Waals surface area contributed by atoms with E-state index in [1.807, 2.05) is 0 Å². The molecule has 2 rings (SSSR count). The molecule has 0 aromatic carbocycles. The van der Waals surface area contributed by atoms with Gasteiger partial charge in [-0.05, 0) is 52.0 Å². The molecule has 1 fully saturated rings. The molecule has 2 heterocycles. The van der Waals surface area contributed by atoms with Crippen LogP contribution in [0.3, 0.4) is 0 Å². The Balaban J connectivity index is 1.80. The van der Waals surface area contributed by atoms with Gasteiger partial charge in [0.15, 0.2) is 5.16 Å². The van der Waals surface area contributed by atoms with Crippen LogP contribution in [-0.4, -0.2) is 46.9 Å². The summed E-state index contributed by atoms with van der Waals surface area (Å²) in [5, 5.41) is 0.889. The van der Waals surface area contributed by atoms with Crippen LogP contribution in [0, 0.1) is 12.8 Å². The van der Waals surface area contributed by atoms with Crippen molar-refractivity contribution in [3.63, 3.8) is 0 Å². The van der Waals surface area contributed by atoms with Gasteiger partial charge in [0.05, 0.1) is 18.9 Å². The van der Waals surface area contributed by atoms with E-state index in [9.17, 15) is 0 Å². The van der Waals surface area contributed by atoms with Gasteiger partial charge in [0.2, 0.25) is 0 Å². The van der Waals surface area contributed by atoms with Crippen molar-refractivity contribution < 1.29 is 4.74 Å². The maximum Gasteiger partial charge on any atom is 0.188 e. The molecule has 0 bridgehead atoms. The van der Waals surface area contributed by atoms with E-state index < -0.39 is 0 Å². The first-order chi connectivity index (χ1) is 13.4. The van der Waals surface area contributed by atoms with Crippen molar-refractivity contribution in [2.45, 2.75) is 65.6 Å². The average molecular weight is 404 g/mol. The zero-order chi connectivity index (χ0) is 20.4. The molecular weight excluding hydrogens is 366 g/mol. The summed E-state index contributed by atoms with van der Waals surface area (Å²) in [7, 11) is 0. The van der Waals surface area contributed by atoms with Gasteiger partial charge in [0, 0.05) is 31.1 Å². The SMILES string of the molecule is C/C(=C\CSc1nc(C)cc(CN2CCOCC2)n1)CC/C=C(\C)CC(C)C. The molecule has 1 aliphatic heterocycles. The fourth-order valence-electron chi connectivity index (χ4n) is 3.37. The molecule has 1 aromatic rings. The first-order valence-electron chi connectivity index (χ1n) is 10.5. The zero-order valence-electron chi connectivity index (χ0n) is 18.3. The van der Waals surface area contributed by atoms with Crippen LogP contribution >= 0.6 is 11.8 Å². The fraction of sp³-hybridized carbons (Fsp3) is 0.652. The second kappa shape index (κ2) is 12.4. The van der Waals surface area contributed by atoms with Crippen LogP contribution in [-0.2, 0) is 11.3 Å². The molecule has 1 aromatic heterocycles. The number of hydrogen-bond donors (Lipinski definition) is 0. The number of hydrogen-bond acceptors (Lipinski definition) is 5. The molecule has 1 aliphatic rings. The van der Waals surface area contributed by atoms with Gasteiger partial charge in [-0.1, -0.05) is 48.9 Å². The Bertz CT molecular complexity index is 664. The first kappa shape index (κ1) is 23.1. The Morgan fingerprint density at radius 1 is 1.18 bits per heavy atom. The van der Waals surface area contributed by atoms with E-state index in [-0.39, 0.29) is 0 Å². The summed E-state index contributed by atoms with van der Waals surface area (Å²) in [5.41, 5.74) is 5.12. The lowest BCUT2D eigenvalue weighted by atomic mass is 10.0. The topological polar surface area (TPSA) is 38.2 Å². The predicted molar refractivity (Wildman–Crippen MR) is 120 cm³/mol. The van der Waals surface area contributed by atoms with E-state index >= 15 is 0 Å². The van der Waals surface area contributed by atoms with Gasteiger partial charge in [0.1, 0.15) is 0 Å². The summed E-state index contributed by atoms with van der Waals surface area (Å²) in [5.74, 6) is 1.67. The van der Waals surface area contributed by atoms with Crippen LogP contribution in [0.1, 0.15) is 58.3 Å². The minimum absolute atomic E-state index is 0.742. The number of thioether (sulfide) groups is 1. The third kappa shape index (κ3) is 9.35. The average Bonchev–Trinajstić information content (AvgIpc) is 2.61. The molecule has 4 nitrogen and oxygen atoms in total. The quantitative estimate of drug-likeness (QED) is 0.296. The summed E-state index contributed by atoms with van der Waals surface area (Å²) in [6.07, 6.45) is 8.19. The molecule has 0 unspecified atom stereocenters. The van der Waals surface area contributed by atoms with E-state index in [4.69, 9.17) is 9.72 Å². The molecule has 156 valence electrons. The van der Waals surface area contributed by atoms with Crippen molar-refractivity contribution in [1.82, 2.24) is 14.9 Å². The van der Waals surface area contributed by atoms with E-state index in [2.05, 4.69) is 62.7 Å². The lowest BCUT2D eigenvalue weighted by Crippen LogP contribution is -2.35. The highest BCUT2D eigenvalue weighted by Crippen LogP contribution is 2.18. The van der Waals surface area contributed by atoms with E-state index in [1.165, 1.54) is 17.6 Å². The Hall–Kier alpha value is -1.17. The molecule has 0 radical (unpaired) electrons. The summed E-state index contributed by atoms with van der Waals surface area (Å²) in [6.45, 7) is 15.6. The summed E-state index contributed by atoms with van der Waals surface area (Å²) >= 11 is 1.73. The number of ether oxygens (including phenoxy) is 1. The van der Waals surface area contributed by atoms with E-state index in [0.29, 0.717) is 0 Å². The highest BCUT2D eigenvalue weighted by molar-refractivity contribution is 7.99. The van der Waals surface area contributed by atoms with Crippen LogP contribution in [0.5, 0.6) is 0 Å². The highest BCUT2D eigenvalue weighted by atomic mass is 32.2. The van der Waals surface area contributed by atoms with Gasteiger partial charge in [0.25, 0.3) is 0 Å².